The Kier molecular flexibility index (Phi) is 3.47. The van der Waals surface area contributed by atoms with Crippen LogP contribution in [0.15, 0.2) is 60.8 Å². The summed E-state index contributed by atoms with van der Waals surface area (Å²) in [7, 11) is 0. The number of hydrogen-bond donors (Lipinski definition) is 1. The molecule has 2 heterocycles. The van der Waals surface area contributed by atoms with E-state index in [1.807, 2.05) is 0 Å². The number of carbonyl (C=O) groups excluding carboxylic acids is 3. The molecule has 6 nitrogen and oxygen atoms in total. The third-order valence-electron chi connectivity index (χ3n) is 5.76. The van der Waals surface area contributed by atoms with Crippen LogP contribution in [0.4, 0.5) is 11.5 Å². The molecule has 2 bridgehead atoms. The number of nitrogens with one attached hydrogen (secondary N) is 1. The van der Waals surface area contributed by atoms with Crippen LogP contribution in [0.25, 0.3) is 0 Å². The maximum atomic E-state index is 12.8. The number of allylic oxidation sites excluding steroid dienone is 2. The molecule has 1 aromatic heterocycles. The van der Waals surface area contributed by atoms with Crippen LogP contribution >= 0.6 is 0 Å². The van der Waals surface area contributed by atoms with E-state index in [1.165, 1.54) is 4.90 Å². The number of pyridine rings is 1. The molecular weight excluding hydrogens is 342 g/mol. The van der Waals surface area contributed by atoms with E-state index >= 15 is 0 Å². The summed E-state index contributed by atoms with van der Waals surface area (Å²) in [6.07, 6.45) is 6.66. The van der Waals surface area contributed by atoms with Crippen LogP contribution in [0.5, 0.6) is 0 Å². The molecule has 2 fully saturated rings. The molecule has 5 rings (SSSR count). The fraction of sp³-hybridized carbons (Fsp3) is 0.238. The van der Waals surface area contributed by atoms with Gasteiger partial charge in [0.15, 0.2) is 0 Å². The Balaban J connectivity index is 1.36. The molecule has 1 saturated carbocycles. The molecule has 0 unspecified atom stereocenters. The average Bonchev–Trinajstić information content (AvgIpc) is 3.37. The summed E-state index contributed by atoms with van der Waals surface area (Å²) in [5, 5.41) is 2.71. The van der Waals surface area contributed by atoms with Crippen molar-refractivity contribution in [3.8, 4) is 0 Å². The van der Waals surface area contributed by atoms with Crippen LogP contribution < -0.4 is 10.2 Å². The summed E-state index contributed by atoms with van der Waals surface area (Å²) < 4.78 is 0. The maximum Gasteiger partial charge on any atom is 0.256 e. The highest BCUT2D eigenvalue weighted by Gasteiger charge is 2.59. The number of anilines is 2. The van der Waals surface area contributed by atoms with Crippen LogP contribution in [0.2, 0.25) is 0 Å². The van der Waals surface area contributed by atoms with Gasteiger partial charge in [-0.05, 0) is 54.7 Å². The lowest BCUT2D eigenvalue weighted by molar-refractivity contribution is -0.123. The summed E-state index contributed by atoms with van der Waals surface area (Å²) in [6, 6.07) is 11.8. The highest BCUT2D eigenvalue weighted by Crippen LogP contribution is 2.53. The van der Waals surface area contributed by atoms with E-state index in [2.05, 4.69) is 22.5 Å². The Morgan fingerprint density at radius 1 is 0.963 bits per heavy atom. The van der Waals surface area contributed by atoms with Gasteiger partial charge in [-0.15, -0.1) is 0 Å². The van der Waals surface area contributed by atoms with Crippen LogP contribution in [0.3, 0.4) is 0 Å². The van der Waals surface area contributed by atoms with Gasteiger partial charge in [0.05, 0.1) is 17.5 Å². The van der Waals surface area contributed by atoms with E-state index in [0.29, 0.717) is 17.1 Å². The first-order valence-electron chi connectivity index (χ1n) is 9.02. The summed E-state index contributed by atoms with van der Waals surface area (Å²) >= 11 is 0. The zero-order chi connectivity index (χ0) is 18.5. The summed E-state index contributed by atoms with van der Waals surface area (Å²) in [5.41, 5.74) is 0.957. The first-order chi connectivity index (χ1) is 13.1. The molecule has 2 aromatic rings. The van der Waals surface area contributed by atoms with E-state index < -0.39 is 0 Å². The molecule has 134 valence electrons. The molecule has 1 N–H and O–H groups in total. The number of carbonyl (C=O) groups is 3. The van der Waals surface area contributed by atoms with Gasteiger partial charge >= 0.3 is 0 Å². The number of aromatic nitrogens is 1. The minimum atomic E-state index is -0.293. The van der Waals surface area contributed by atoms with Gasteiger partial charge in [0.2, 0.25) is 11.8 Å². The topological polar surface area (TPSA) is 79.4 Å². The number of amides is 3. The lowest BCUT2D eigenvalue weighted by Crippen LogP contribution is -2.32. The third-order valence-corrected chi connectivity index (χ3v) is 5.76. The molecule has 27 heavy (non-hydrogen) atoms. The van der Waals surface area contributed by atoms with Gasteiger partial charge in [0, 0.05) is 11.8 Å². The Labute approximate surface area is 155 Å². The van der Waals surface area contributed by atoms with Gasteiger partial charge in [-0.1, -0.05) is 18.2 Å². The second-order valence-corrected chi connectivity index (χ2v) is 7.23. The van der Waals surface area contributed by atoms with Crippen molar-refractivity contribution in [3.05, 3.63) is 66.4 Å². The molecule has 1 aliphatic heterocycles. The summed E-state index contributed by atoms with van der Waals surface area (Å²) in [4.78, 5) is 43.3. The van der Waals surface area contributed by atoms with Crippen LogP contribution in [-0.4, -0.2) is 22.7 Å². The molecule has 2 aliphatic carbocycles. The highest BCUT2D eigenvalue weighted by molar-refractivity contribution is 6.23. The minimum Gasteiger partial charge on any atom is -0.307 e. The van der Waals surface area contributed by atoms with Gasteiger partial charge < -0.3 is 5.32 Å². The van der Waals surface area contributed by atoms with Gasteiger partial charge in [0.1, 0.15) is 5.82 Å². The molecule has 3 amide bonds. The average molecular weight is 359 g/mol. The summed E-state index contributed by atoms with van der Waals surface area (Å²) in [6.45, 7) is 0. The van der Waals surface area contributed by atoms with Crippen molar-refractivity contribution in [2.45, 2.75) is 6.42 Å². The molecular formula is C21H17N3O3. The fourth-order valence-corrected chi connectivity index (χ4v) is 4.54. The van der Waals surface area contributed by atoms with E-state index in [-0.39, 0.29) is 41.4 Å². The second-order valence-electron chi connectivity index (χ2n) is 7.23. The highest BCUT2D eigenvalue weighted by atomic mass is 16.2. The Hall–Kier alpha value is -3.28. The lowest BCUT2D eigenvalue weighted by atomic mass is 9.85. The molecule has 3 aliphatic rings. The number of rotatable bonds is 3. The largest absolute Gasteiger partial charge is 0.307 e. The standard InChI is InChI=1S/C21H17N3O3/c25-19(23-16-3-1-2-10-22-16)12-6-8-15(9-7-12)24-20(26)17-13-4-5-14(11-13)18(17)21(24)27/h1-10,13-14,17-18H,11H2,(H,22,23,25)/t13-,14+,17-,18+. The van der Waals surface area contributed by atoms with Crippen molar-refractivity contribution in [1.82, 2.24) is 4.98 Å². The van der Waals surface area contributed by atoms with E-state index in [1.54, 1.807) is 48.7 Å². The smallest absolute Gasteiger partial charge is 0.256 e. The first kappa shape index (κ1) is 15.9. The maximum absolute atomic E-state index is 12.8. The molecule has 0 spiro atoms. The second kappa shape index (κ2) is 5.87. The van der Waals surface area contributed by atoms with Gasteiger partial charge in [-0.25, -0.2) is 4.98 Å². The number of hydrogen-bond acceptors (Lipinski definition) is 4. The van der Waals surface area contributed by atoms with Crippen molar-refractivity contribution in [3.63, 3.8) is 0 Å². The monoisotopic (exact) mass is 359 g/mol. The Morgan fingerprint density at radius 3 is 2.22 bits per heavy atom. The van der Waals surface area contributed by atoms with Gasteiger partial charge in [-0.3, -0.25) is 19.3 Å². The Morgan fingerprint density at radius 2 is 1.63 bits per heavy atom. The van der Waals surface area contributed by atoms with E-state index in [4.69, 9.17) is 0 Å². The minimum absolute atomic E-state index is 0.118. The van der Waals surface area contributed by atoms with Crippen LogP contribution in [-0.2, 0) is 9.59 Å². The molecule has 1 aromatic carbocycles. The number of fused-ring (bicyclic) bond motifs is 5. The van der Waals surface area contributed by atoms with Crippen molar-refractivity contribution in [2.75, 3.05) is 10.2 Å². The number of benzene rings is 1. The predicted molar refractivity (Wildman–Crippen MR) is 98.8 cm³/mol. The van der Waals surface area contributed by atoms with Crippen molar-refractivity contribution in [1.29, 1.82) is 0 Å². The van der Waals surface area contributed by atoms with Gasteiger partial charge in [0.25, 0.3) is 5.91 Å². The molecule has 1 saturated heterocycles. The first-order valence-corrected chi connectivity index (χ1v) is 9.02. The van der Waals surface area contributed by atoms with Crippen molar-refractivity contribution >= 4 is 29.2 Å². The predicted octanol–water partition coefficient (Wildman–Crippen LogP) is 2.65. The van der Waals surface area contributed by atoms with Crippen LogP contribution in [0.1, 0.15) is 16.8 Å². The Bertz CT molecular complexity index is 938. The SMILES string of the molecule is O=C(Nc1ccccn1)c1ccc(N2C(=O)[C@@H]3[C@H](C2=O)[C@@H]2C=C[C@H]3C2)cc1. The van der Waals surface area contributed by atoms with Gasteiger partial charge in [-0.2, -0.15) is 0 Å². The lowest BCUT2D eigenvalue weighted by Gasteiger charge is -2.17. The zero-order valence-electron chi connectivity index (χ0n) is 14.4. The quantitative estimate of drug-likeness (QED) is 0.675. The summed E-state index contributed by atoms with van der Waals surface area (Å²) in [5.74, 6) is -0.139. The van der Waals surface area contributed by atoms with Crippen molar-refractivity contribution in [2.24, 2.45) is 23.7 Å². The fourth-order valence-electron chi connectivity index (χ4n) is 4.54. The third kappa shape index (κ3) is 2.40. The zero-order valence-corrected chi connectivity index (χ0v) is 14.4. The number of imide groups is 1. The van der Waals surface area contributed by atoms with E-state index in [0.717, 1.165) is 6.42 Å². The van der Waals surface area contributed by atoms with Crippen LogP contribution in [0, 0.1) is 23.7 Å². The normalized spacial score (nSPS) is 27.9. The molecule has 0 radical (unpaired) electrons. The van der Waals surface area contributed by atoms with Crippen molar-refractivity contribution < 1.29 is 14.4 Å². The number of nitrogens with zero attached hydrogens (tertiary/aromatic N) is 2. The molecule has 6 heteroatoms. The molecule has 4 atom stereocenters. The van der Waals surface area contributed by atoms with E-state index in [9.17, 15) is 14.4 Å².